The lowest BCUT2D eigenvalue weighted by Crippen LogP contribution is -2.53. The first-order valence-electron chi connectivity index (χ1n) is 11.5. The molecule has 0 unspecified atom stereocenters. The number of likely N-dealkylation sites (N-methyl/N-ethyl adjacent to an activating group) is 1. The summed E-state index contributed by atoms with van der Waals surface area (Å²) in [4.78, 5) is 28.0. The van der Waals surface area contributed by atoms with Gasteiger partial charge in [-0.3, -0.25) is 13.9 Å². The Morgan fingerprint density at radius 1 is 1.03 bits per heavy atom. The van der Waals surface area contributed by atoms with Crippen molar-refractivity contribution in [2.75, 3.05) is 24.2 Å². The highest BCUT2D eigenvalue weighted by Crippen LogP contribution is 2.26. The number of benzene rings is 3. The predicted molar refractivity (Wildman–Crippen MR) is 143 cm³/mol. The number of sulfonamides is 1. The summed E-state index contributed by atoms with van der Waals surface area (Å²) in [5.74, 6) is -1.67. The van der Waals surface area contributed by atoms with E-state index in [-0.39, 0.29) is 24.2 Å². The first-order valence-corrected chi connectivity index (χ1v) is 13.8. The van der Waals surface area contributed by atoms with Crippen molar-refractivity contribution in [1.29, 1.82) is 0 Å². The predicted octanol–water partition coefficient (Wildman–Crippen LogP) is 3.94. The number of aryl methyl sites for hydroxylation is 1. The van der Waals surface area contributed by atoms with Gasteiger partial charge in [-0.25, -0.2) is 12.8 Å². The second-order valence-electron chi connectivity index (χ2n) is 8.64. The second-order valence-corrected chi connectivity index (χ2v) is 10.9. The summed E-state index contributed by atoms with van der Waals surface area (Å²) in [7, 11) is -2.47. The molecule has 0 spiro atoms. The number of carbonyl (C=O) groups excluding carboxylic acids is 2. The molecule has 0 aliphatic rings. The van der Waals surface area contributed by atoms with Crippen LogP contribution in [-0.4, -0.2) is 51.0 Å². The summed E-state index contributed by atoms with van der Waals surface area (Å²) in [6.45, 7) is 0.938. The van der Waals surface area contributed by atoms with Gasteiger partial charge in [0, 0.05) is 30.6 Å². The van der Waals surface area contributed by atoms with Gasteiger partial charge in [-0.05, 0) is 36.2 Å². The first-order chi connectivity index (χ1) is 17.5. The standard InChI is InChI=1S/C27H29ClFN3O4S/c1-19-13-14-22(16-23(19)28)32(37(3,35)36)18-26(33)31(17-21-11-7-8-12-24(21)29)25(27(34)30-2)15-20-9-5-4-6-10-20/h4-14,16,25H,15,17-18H2,1-3H3,(H,30,34)/t25-/m1/s1. The molecule has 0 saturated carbocycles. The Morgan fingerprint density at radius 2 is 1.68 bits per heavy atom. The van der Waals surface area contributed by atoms with Crippen LogP contribution in [0.1, 0.15) is 16.7 Å². The molecule has 0 fully saturated rings. The van der Waals surface area contributed by atoms with Gasteiger partial charge in [0.1, 0.15) is 18.4 Å². The van der Waals surface area contributed by atoms with Crippen molar-refractivity contribution >= 4 is 39.1 Å². The van der Waals surface area contributed by atoms with Gasteiger partial charge in [-0.2, -0.15) is 0 Å². The number of halogens is 2. The number of nitrogens with one attached hydrogen (secondary N) is 1. The SMILES string of the molecule is CNC(=O)[C@@H](Cc1ccccc1)N(Cc1ccccc1F)C(=O)CN(c1ccc(C)c(Cl)c1)S(C)(=O)=O. The van der Waals surface area contributed by atoms with E-state index in [0.717, 1.165) is 21.7 Å². The Bertz CT molecular complexity index is 1370. The van der Waals surface area contributed by atoms with E-state index in [1.54, 1.807) is 25.1 Å². The molecular weight excluding hydrogens is 517 g/mol. The minimum Gasteiger partial charge on any atom is -0.357 e. The molecule has 10 heteroatoms. The lowest BCUT2D eigenvalue weighted by molar-refractivity contribution is -0.139. The van der Waals surface area contributed by atoms with Gasteiger partial charge in [0.15, 0.2) is 0 Å². The van der Waals surface area contributed by atoms with Crippen molar-refractivity contribution in [1.82, 2.24) is 10.2 Å². The van der Waals surface area contributed by atoms with Crippen LogP contribution in [0, 0.1) is 12.7 Å². The van der Waals surface area contributed by atoms with Crippen LogP contribution in [0.25, 0.3) is 0 Å². The van der Waals surface area contributed by atoms with Gasteiger partial charge in [-0.1, -0.05) is 66.2 Å². The zero-order valence-electron chi connectivity index (χ0n) is 20.8. The Hall–Kier alpha value is -3.43. The van der Waals surface area contributed by atoms with Gasteiger partial charge >= 0.3 is 0 Å². The molecule has 0 saturated heterocycles. The molecule has 7 nitrogen and oxygen atoms in total. The number of rotatable bonds is 10. The monoisotopic (exact) mass is 545 g/mol. The molecule has 0 aromatic heterocycles. The van der Waals surface area contributed by atoms with E-state index in [4.69, 9.17) is 11.6 Å². The third-order valence-corrected chi connectivity index (χ3v) is 7.49. The maximum Gasteiger partial charge on any atom is 0.244 e. The van der Waals surface area contributed by atoms with Crippen molar-refractivity contribution in [2.24, 2.45) is 0 Å². The van der Waals surface area contributed by atoms with E-state index < -0.39 is 40.2 Å². The van der Waals surface area contributed by atoms with Crippen molar-refractivity contribution < 1.29 is 22.4 Å². The maximum atomic E-state index is 14.6. The number of hydrogen-bond acceptors (Lipinski definition) is 4. The van der Waals surface area contributed by atoms with Crippen LogP contribution < -0.4 is 9.62 Å². The fourth-order valence-electron chi connectivity index (χ4n) is 3.88. The van der Waals surface area contributed by atoms with E-state index in [1.807, 2.05) is 30.3 Å². The van der Waals surface area contributed by atoms with Crippen LogP contribution in [0.3, 0.4) is 0 Å². The maximum absolute atomic E-state index is 14.6. The highest BCUT2D eigenvalue weighted by Gasteiger charge is 2.33. The summed E-state index contributed by atoms with van der Waals surface area (Å²) in [6, 6.07) is 18.7. The largest absolute Gasteiger partial charge is 0.357 e. The quantitative estimate of drug-likeness (QED) is 0.418. The Labute approximate surface area is 221 Å². The molecule has 196 valence electrons. The summed E-state index contributed by atoms with van der Waals surface area (Å²) >= 11 is 6.22. The average molecular weight is 546 g/mol. The number of amides is 2. The molecule has 0 aliphatic heterocycles. The van der Waals surface area contributed by atoms with Crippen molar-refractivity contribution in [2.45, 2.75) is 25.9 Å². The van der Waals surface area contributed by atoms with Crippen LogP contribution in [0.15, 0.2) is 72.8 Å². The third kappa shape index (κ3) is 7.30. The molecule has 37 heavy (non-hydrogen) atoms. The van der Waals surface area contributed by atoms with E-state index in [1.165, 1.54) is 36.2 Å². The van der Waals surface area contributed by atoms with Gasteiger partial charge in [0.25, 0.3) is 0 Å². The Morgan fingerprint density at radius 3 is 2.27 bits per heavy atom. The van der Waals surface area contributed by atoms with Crippen molar-refractivity contribution in [3.05, 3.63) is 100 Å². The normalized spacial score (nSPS) is 12.0. The average Bonchev–Trinajstić information content (AvgIpc) is 2.86. The van der Waals surface area contributed by atoms with Gasteiger partial charge in [0.05, 0.1) is 11.9 Å². The zero-order valence-corrected chi connectivity index (χ0v) is 22.4. The molecule has 0 aliphatic carbocycles. The molecule has 3 aromatic rings. The number of anilines is 1. The summed E-state index contributed by atoms with van der Waals surface area (Å²) < 4.78 is 41.0. The van der Waals surface area contributed by atoms with Crippen molar-refractivity contribution in [3.63, 3.8) is 0 Å². The number of carbonyl (C=O) groups is 2. The lowest BCUT2D eigenvalue weighted by Gasteiger charge is -2.33. The number of nitrogens with zero attached hydrogens (tertiary/aromatic N) is 2. The Balaban J connectivity index is 2.05. The van der Waals surface area contributed by atoms with E-state index in [9.17, 15) is 22.4 Å². The molecule has 0 radical (unpaired) electrons. The molecular formula is C27H29ClFN3O4S. The smallest absolute Gasteiger partial charge is 0.244 e. The molecule has 0 bridgehead atoms. The van der Waals surface area contributed by atoms with E-state index in [0.29, 0.717) is 5.02 Å². The van der Waals surface area contributed by atoms with Crippen LogP contribution in [0.5, 0.6) is 0 Å². The zero-order chi connectivity index (χ0) is 27.2. The highest BCUT2D eigenvalue weighted by atomic mass is 35.5. The molecule has 1 N–H and O–H groups in total. The highest BCUT2D eigenvalue weighted by molar-refractivity contribution is 7.92. The van der Waals surface area contributed by atoms with Crippen LogP contribution in [-0.2, 0) is 32.6 Å². The van der Waals surface area contributed by atoms with Crippen LogP contribution in [0.4, 0.5) is 10.1 Å². The molecule has 1 atom stereocenters. The molecule has 0 heterocycles. The third-order valence-electron chi connectivity index (χ3n) is 5.94. The van der Waals surface area contributed by atoms with E-state index in [2.05, 4.69) is 5.32 Å². The van der Waals surface area contributed by atoms with Crippen molar-refractivity contribution in [3.8, 4) is 0 Å². The van der Waals surface area contributed by atoms with Crippen LogP contribution >= 0.6 is 11.6 Å². The summed E-state index contributed by atoms with van der Waals surface area (Å²) in [5, 5.41) is 2.92. The lowest BCUT2D eigenvalue weighted by atomic mass is 10.0. The minimum absolute atomic E-state index is 0.149. The van der Waals surface area contributed by atoms with Crippen LogP contribution in [0.2, 0.25) is 5.02 Å². The fraction of sp³-hybridized carbons (Fsp3) is 0.259. The van der Waals surface area contributed by atoms with Gasteiger partial charge < -0.3 is 10.2 Å². The fourth-order valence-corrected chi connectivity index (χ4v) is 4.90. The Kier molecular flexibility index (Phi) is 9.29. The number of hydrogen-bond donors (Lipinski definition) is 1. The molecule has 3 aromatic carbocycles. The molecule has 3 rings (SSSR count). The molecule has 2 amide bonds. The van der Waals surface area contributed by atoms with Gasteiger partial charge in [-0.15, -0.1) is 0 Å². The first kappa shape index (κ1) is 28.1. The van der Waals surface area contributed by atoms with Gasteiger partial charge in [0.2, 0.25) is 21.8 Å². The second kappa shape index (κ2) is 12.2. The van der Waals surface area contributed by atoms with E-state index >= 15 is 0 Å². The minimum atomic E-state index is -3.92. The summed E-state index contributed by atoms with van der Waals surface area (Å²) in [5.41, 5.74) is 1.93. The summed E-state index contributed by atoms with van der Waals surface area (Å²) in [6.07, 6.45) is 1.13. The topological polar surface area (TPSA) is 86.8 Å².